The fraction of sp³-hybridized carbons (Fsp3) is 0.222. The number of nitrogens with one attached hydrogen (secondary N) is 2. The van der Waals surface area contributed by atoms with Crippen molar-refractivity contribution in [1.29, 1.82) is 0 Å². The van der Waals surface area contributed by atoms with Crippen molar-refractivity contribution < 1.29 is 19.0 Å². The summed E-state index contributed by atoms with van der Waals surface area (Å²) in [5, 5.41) is 7.62. The van der Waals surface area contributed by atoms with Crippen molar-refractivity contribution >= 4 is 35.2 Å². The summed E-state index contributed by atoms with van der Waals surface area (Å²) in [6.45, 7) is 6.95. The molecule has 0 radical (unpaired) electrons. The maximum absolute atomic E-state index is 12.6. The minimum absolute atomic E-state index is 0.324. The third-order valence-corrected chi connectivity index (χ3v) is 4.88. The molecule has 3 rings (SSSR count). The number of rotatable bonds is 10. The van der Waals surface area contributed by atoms with Crippen molar-refractivity contribution in [3.05, 3.63) is 83.4 Å². The molecule has 0 aromatic heterocycles. The summed E-state index contributed by atoms with van der Waals surface area (Å²) in [7, 11) is 0. The van der Waals surface area contributed by atoms with E-state index in [0.717, 1.165) is 23.2 Å². The van der Waals surface area contributed by atoms with Crippen LogP contribution in [0.4, 0.5) is 5.69 Å². The number of anilines is 1. The normalized spacial score (nSPS) is 10.6. The van der Waals surface area contributed by atoms with Gasteiger partial charge in [0.2, 0.25) is 0 Å². The molecule has 3 aromatic rings. The lowest BCUT2D eigenvalue weighted by Crippen LogP contribution is -2.23. The maximum Gasteiger partial charge on any atom is 0.343 e. The highest BCUT2D eigenvalue weighted by atomic mass is 32.1. The quantitative estimate of drug-likeness (QED) is 0.123. The van der Waals surface area contributed by atoms with Gasteiger partial charge in [-0.15, -0.1) is 0 Å². The zero-order valence-electron chi connectivity index (χ0n) is 20.0. The van der Waals surface area contributed by atoms with Crippen molar-refractivity contribution in [1.82, 2.24) is 5.43 Å². The number of hydrazone groups is 1. The van der Waals surface area contributed by atoms with Gasteiger partial charge in [0, 0.05) is 5.69 Å². The van der Waals surface area contributed by atoms with Gasteiger partial charge in [-0.2, -0.15) is 5.10 Å². The molecule has 8 heteroatoms. The summed E-state index contributed by atoms with van der Waals surface area (Å²) < 4.78 is 16.8. The Morgan fingerprint density at radius 3 is 2.51 bits per heavy atom. The first kappa shape index (κ1) is 25.7. The van der Waals surface area contributed by atoms with Crippen molar-refractivity contribution in [3.8, 4) is 17.2 Å². The number of carbonyl (C=O) groups excluding carboxylic acids is 1. The van der Waals surface area contributed by atoms with Crippen molar-refractivity contribution in [2.24, 2.45) is 5.10 Å². The zero-order valence-corrected chi connectivity index (χ0v) is 20.9. The molecule has 182 valence electrons. The number of carbonyl (C=O) groups is 1. The maximum atomic E-state index is 12.6. The van der Waals surface area contributed by atoms with Crippen LogP contribution in [0.2, 0.25) is 0 Å². The van der Waals surface area contributed by atoms with Gasteiger partial charge >= 0.3 is 5.97 Å². The van der Waals surface area contributed by atoms with E-state index in [9.17, 15) is 4.79 Å². The lowest BCUT2D eigenvalue weighted by atomic mass is 10.2. The average molecular weight is 492 g/mol. The number of benzene rings is 3. The molecule has 0 spiro atoms. The van der Waals surface area contributed by atoms with Gasteiger partial charge in [0.1, 0.15) is 5.75 Å². The van der Waals surface area contributed by atoms with Crippen LogP contribution in [0.3, 0.4) is 0 Å². The van der Waals surface area contributed by atoms with Gasteiger partial charge in [-0.3, -0.25) is 5.43 Å². The Bertz CT molecular complexity index is 1180. The Kier molecular flexibility index (Phi) is 9.62. The highest BCUT2D eigenvalue weighted by Crippen LogP contribution is 2.29. The van der Waals surface area contributed by atoms with Gasteiger partial charge in [-0.25, -0.2) is 4.79 Å². The molecule has 0 saturated carbocycles. The van der Waals surface area contributed by atoms with Gasteiger partial charge < -0.3 is 19.5 Å². The van der Waals surface area contributed by atoms with Gasteiger partial charge in [0.15, 0.2) is 16.6 Å². The van der Waals surface area contributed by atoms with Crippen LogP contribution >= 0.6 is 12.2 Å². The number of esters is 1. The minimum Gasteiger partial charge on any atom is -0.494 e. The second kappa shape index (κ2) is 13.1. The predicted molar refractivity (Wildman–Crippen MR) is 143 cm³/mol. The monoisotopic (exact) mass is 491 g/mol. The van der Waals surface area contributed by atoms with Crippen molar-refractivity contribution in [3.63, 3.8) is 0 Å². The third kappa shape index (κ3) is 8.12. The van der Waals surface area contributed by atoms with Crippen LogP contribution in [-0.2, 0) is 0 Å². The fourth-order valence-electron chi connectivity index (χ4n) is 3.07. The summed E-state index contributed by atoms with van der Waals surface area (Å²) >= 11 is 5.28. The lowest BCUT2D eigenvalue weighted by molar-refractivity contribution is 0.0728. The molecule has 0 aliphatic rings. The number of nitrogens with zero attached hydrogens (tertiary/aromatic N) is 1. The Balaban J connectivity index is 1.62. The number of thiocarbonyl (C=S) groups is 1. The molecule has 0 bridgehead atoms. The molecule has 0 atom stereocenters. The summed E-state index contributed by atoms with van der Waals surface area (Å²) in [6, 6.07) is 19.9. The van der Waals surface area contributed by atoms with Crippen LogP contribution in [0.15, 0.2) is 71.8 Å². The molecule has 2 N–H and O–H groups in total. The van der Waals surface area contributed by atoms with Crippen LogP contribution in [-0.4, -0.2) is 30.5 Å². The molecular formula is C27H29N3O4S. The summed E-state index contributed by atoms with van der Waals surface area (Å²) in [6.07, 6.45) is 2.52. The molecule has 0 saturated heterocycles. The van der Waals surface area contributed by atoms with Crippen LogP contribution in [0.1, 0.15) is 41.8 Å². The first-order valence-electron chi connectivity index (χ1n) is 11.4. The first-order chi connectivity index (χ1) is 17.0. The molecule has 7 nitrogen and oxygen atoms in total. The molecule has 3 aromatic carbocycles. The molecule has 0 heterocycles. The van der Waals surface area contributed by atoms with Gasteiger partial charge in [0.25, 0.3) is 0 Å². The summed E-state index contributed by atoms with van der Waals surface area (Å²) in [5.74, 6) is 0.992. The molecular weight excluding hydrogens is 462 g/mol. The van der Waals surface area contributed by atoms with Crippen LogP contribution in [0.25, 0.3) is 0 Å². The van der Waals surface area contributed by atoms with Crippen molar-refractivity contribution in [2.75, 3.05) is 18.5 Å². The Hall–Kier alpha value is -3.91. The topological polar surface area (TPSA) is 81.2 Å². The Morgan fingerprint density at radius 1 is 1.00 bits per heavy atom. The molecule has 0 unspecified atom stereocenters. The fourth-order valence-corrected chi connectivity index (χ4v) is 3.24. The van der Waals surface area contributed by atoms with Gasteiger partial charge in [0.05, 0.1) is 25.0 Å². The van der Waals surface area contributed by atoms with E-state index in [1.807, 2.05) is 45.0 Å². The van der Waals surface area contributed by atoms with Crippen molar-refractivity contribution in [2.45, 2.75) is 27.2 Å². The zero-order chi connectivity index (χ0) is 25.0. The van der Waals surface area contributed by atoms with E-state index in [1.165, 1.54) is 0 Å². The molecule has 0 amide bonds. The molecule has 0 fully saturated rings. The number of hydrogen-bond acceptors (Lipinski definition) is 6. The first-order valence-corrected chi connectivity index (χ1v) is 11.8. The number of aryl methyl sites for hydroxylation is 1. The summed E-state index contributed by atoms with van der Waals surface area (Å²) in [5.41, 5.74) is 5.96. The van der Waals surface area contributed by atoms with Crippen LogP contribution in [0.5, 0.6) is 17.2 Å². The van der Waals surface area contributed by atoms with Crippen LogP contribution in [0, 0.1) is 6.92 Å². The van der Waals surface area contributed by atoms with E-state index >= 15 is 0 Å². The molecule has 0 aliphatic heterocycles. The third-order valence-electron chi connectivity index (χ3n) is 4.69. The van der Waals surface area contributed by atoms with E-state index in [-0.39, 0.29) is 0 Å². The van der Waals surface area contributed by atoms with Gasteiger partial charge in [-0.05, 0) is 98.2 Å². The van der Waals surface area contributed by atoms with E-state index in [0.29, 0.717) is 41.1 Å². The van der Waals surface area contributed by atoms with E-state index in [1.54, 1.807) is 48.7 Å². The predicted octanol–water partition coefficient (Wildman–Crippen LogP) is 5.72. The second-order valence-corrected chi connectivity index (χ2v) is 8.00. The SMILES string of the molecule is CCCOc1ccc(C(=O)Oc2ccc(C=NNC(=S)Nc3cccc(C)c3)cc2OCC)cc1. The number of hydrogen-bond donors (Lipinski definition) is 2. The smallest absolute Gasteiger partial charge is 0.343 e. The standard InChI is InChI=1S/C27H29N3O4S/c1-4-15-33-23-12-10-21(11-13-23)26(31)34-24-14-9-20(17-25(24)32-5-2)18-28-30-27(35)29-22-8-6-7-19(3)16-22/h6-14,16-18H,4-5,15H2,1-3H3,(H2,29,30,35). The van der Waals surface area contributed by atoms with E-state index in [2.05, 4.69) is 15.8 Å². The molecule has 0 aliphatic carbocycles. The highest BCUT2D eigenvalue weighted by molar-refractivity contribution is 7.80. The Labute approximate surface area is 211 Å². The Morgan fingerprint density at radius 2 is 1.80 bits per heavy atom. The average Bonchev–Trinajstić information content (AvgIpc) is 2.84. The van der Waals surface area contributed by atoms with E-state index in [4.69, 9.17) is 26.4 Å². The highest BCUT2D eigenvalue weighted by Gasteiger charge is 2.13. The second-order valence-electron chi connectivity index (χ2n) is 7.60. The molecule has 35 heavy (non-hydrogen) atoms. The number of ether oxygens (including phenoxy) is 3. The van der Waals surface area contributed by atoms with Gasteiger partial charge in [-0.1, -0.05) is 19.1 Å². The summed E-state index contributed by atoms with van der Waals surface area (Å²) in [4.78, 5) is 12.6. The van der Waals surface area contributed by atoms with E-state index < -0.39 is 5.97 Å². The lowest BCUT2D eigenvalue weighted by Gasteiger charge is -2.12. The largest absolute Gasteiger partial charge is 0.494 e. The van der Waals surface area contributed by atoms with Crippen LogP contribution < -0.4 is 25.0 Å². The minimum atomic E-state index is -0.483.